The molecule has 1 nitrogen and oxygen atoms in total. The maximum atomic E-state index is 5.49. The van der Waals surface area contributed by atoms with Crippen LogP contribution in [0.2, 0.25) is 0 Å². The molecule has 1 heteroatoms. The zero-order valence-corrected chi connectivity index (χ0v) is 7.64. The lowest BCUT2D eigenvalue weighted by Gasteiger charge is -2.11. The first-order valence-corrected chi connectivity index (χ1v) is 5.01. The summed E-state index contributed by atoms with van der Waals surface area (Å²) in [6.07, 6.45) is 8.12. The van der Waals surface area contributed by atoms with E-state index in [4.69, 9.17) is 4.74 Å². The van der Waals surface area contributed by atoms with Gasteiger partial charge in [-0.2, -0.15) is 0 Å². The molecule has 1 aliphatic heterocycles. The fourth-order valence-electron chi connectivity index (χ4n) is 1.72. The predicted octanol–water partition coefficient (Wildman–Crippen LogP) is 2.99. The molecular weight excluding hydrogens is 136 g/mol. The molecule has 1 saturated heterocycles. The van der Waals surface area contributed by atoms with Crippen LogP contribution < -0.4 is 0 Å². The third-order valence-electron chi connectivity index (χ3n) is 2.65. The van der Waals surface area contributed by atoms with Crippen LogP contribution in [0, 0.1) is 5.92 Å². The Morgan fingerprint density at radius 1 is 1.09 bits per heavy atom. The minimum Gasteiger partial charge on any atom is -0.381 e. The zero-order valence-electron chi connectivity index (χ0n) is 7.64. The third kappa shape index (κ3) is 3.76. The Morgan fingerprint density at radius 3 is 2.82 bits per heavy atom. The average Bonchev–Trinajstić information content (AvgIpc) is 2.16. The van der Waals surface area contributed by atoms with Gasteiger partial charge in [0.25, 0.3) is 0 Å². The summed E-state index contributed by atoms with van der Waals surface area (Å²) in [7, 11) is 0. The van der Waals surface area contributed by atoms with Crippen molar-refractivity contribution in [3.63, 3.8) is 0 Å². The highest BCUT2D eigenvalue weighted by molar-refractivity contribution is 4.59. The molecule has 0 spiro atoms. The molecule has 0 saturated carbocycles. The highest BCUT2D eigenvalue weighted by Crippen LogP contribution is 2.18. The van der Waals surface area contributed by atoms with Crippen LogP contribution in [0.1, 0.15) is 45.4 Å². The van der Waals surface area contributed by atoms with Crippen LogP contribution in [0.3, 0.4) is 0 Å². The van der Waals surface area contributed by atoms with Crippen molar-refractivity contribution in [1.82, 2.24) is 0 Å². The van der Waals surface area contributed by atoms with Gasteiger partial charge in [-0.05, 0) is 18.8 Å². The molecule has 0 radical (unpaired) electrons. The predicted molar refractivity (Wildman–Crippen MR) is 47.7 cm³/mol. The molecule has 0 aromatic heterocycles. The van der Waals surface area contributed by atoms with Crippen LogP contribution in [0.25, 0.3) is 0 Å². The number of rotatable bonds is 1. The second-order valence-corrected chi connectivity index (χ2v) is 3.52. The Kier molecular flexibility index (Phi) is 4.60. The molecule has 1 unspecified atom stereocenters. The number of hydrogen-bond donors (Lipinski definition) is 0. The normalized spacial score (nSPS) is 28.6. The summed E-state index contributed by atoms with van der Waals surface area (Å²) in [5, 5.41) is 0. The van der Waals surface area contributed by atoms with Crippen LogP contribution >= 0.6 is 0 Å². The molecule has 1 aliphatic rings. The quantitative estimate of drug-likeness (QED) is 0.567. The average molecular weight is 156 g/mol. The molecule has 11 heavy (non-hydrogen) atoms. The fraction of sp³-hybridized carbons (Fsp3) is 1.00. The highest BCUT2D eigenvalue weighted by atomic mass is 16.5. The van der Waals surface area contributed by atoms with E-state index in [-0.39, 0.29) is 0 Å². The van der Waals surface area contributed by atoms with Crippen molar-refractivity contribution in [3.05, 3.63) is 0 Å². The molecular formula is C10H20O. The molecule has 0 aromatic carbocycles. The van der Waals surface area contributed by atoms with Crippen LogP contribution in [0.5, 0.6) is 0 Å². The first-order chi connectivity index (χ1) is 5.43. The van der Waals surface area contributed by atoms with E-state index in [1.54, 1.807) is 0 Å². The Bertz CT molecular complexity index is 80.9. The van der Waals surface area contributed by atoms with E-state index in [0.29, 0.717) is 0 Å². The van der Waals surface area contributed by atoms with Crippen molar-refractivity contribution in [2.75, 3.05) is 13.2 Å². The summed E-state index contributed by atoms with van der Waals surface area (Å²) in [5.41, 5.74) is 0. The van der Waals surface area contributed by atoms with Crippen LogP contribution in [-0.2, 0) is 4.74 Å². The molecule has 1 heterocycles. The minimum atomic E-state index is 0.938. The van der Waals surface area contributed by atoms with E-state index in [0.717, 1.165) is 19.1 Å². The van der Waals surface area contributed by atoms with Gasteiger partial charge >= 0.3 is 0 Å². The SMILES string of the molecule is CCC1CCCCCOCC1. The van der Waals surface area contributed by atoms with Gasteiger partial charge in [0.05, 0.1) is 0 Å². The Balaban J connectivity index is 2.19. The van der Waals surface area contributed by atoms with Crippen LogP contribution in [0.4, 0.5) is 0 Å². The van der Waals surface area contributed by atoms with E-state index in [1.807, 2.05) is 0 Å². The van der Waals surface area contributed by atoms with Gasteiger partial charge in [0.15, 0.2) is 0 Å². The number of hydrogen-bond acceptors (Lipinski definition) is 1. The third-order valence-corrected chi connectivity index (χ3v) is 2.65. The van der Waals surface area contributed by atoms with Gasteiger partial charge < -0.3 is 4.74 Å². The van der Waals surface area contributed by atoms with Gasteiger partial charge in [0.2, 0.25) is 0 Å². The lowest BCUT2D eigenvalue weighted by molar-refractivity contribution is 0.122. The monoisotopic (exact) mass is 156 g/mol. The summed E-state index contributed by atoms with van der Waals surface area (Å²) >= 11 is 0. The molecule has 0 aliphatic carbocycles. The summed E-state index contributed by atoms with van der Waals surface area (Å²) in [5.74, 6) is 0.938. The molecule has 0 aromatic rings. The lowest BCUT2D eigenvalue weighted by Crippen LogP contribution is -2.02. The Labute approximate surface area is 70.1 Å². The minimum absolute atomic E-state index is 0.938. The first kappa shape index (κ1) is 9.05. The van der Waals surface area contributed by atoms with E-state index < -0.39 is 0 Å². The summed E-state index contributed by atoms with van der Waals surface area (Å²) in [6, 6.07) is 0. The summed E-state index contributed by atoms with van der Waals surface area (Å²) in [6.45, 7) is 4.29. The molecule has 66 valence electrons. The lowest BCUT2D eigenvalue weighted by atomic mass is 9.96. The van der Waals surface area contributed by atoms with E-state index >= 15 is 0 Å². The maximum Gasteiger partial charge on any atom is 0.0468 e. The Hall–Kier alpha value is -0.0400. The van der Waals surface area contributed by atoms with Crippen molar-refractivity contribution in [2.45, 2.75) is 45.4 Å². The standard InChI is InChI=1S/C10H20O/c1-2-10-6-4-3-5-8-11-9-7-10/h10H,2-9H2,1H3. The van der Waals surface area contributed by atoms with E-state index in [2.05, 4.69) is 6.92 Å². The zero-order chi connectivity index (χ0) is 7.94. The molecule has 0 amide bonds. The van der Waals surface area contributed by atoms with Crippen molar-refractivity contribution < 1.29 is 4.74 Å². The van der Waals surface area contributed by atoms with Crippen molar-refractivity contribution in [1.29, 1.82) is 0 Å². The molecule has 1 rings (SSSR count). The van der Waals surface area contributed by atoms with Gasteiger partial charge in [-0.1, -0.05) is 32.6 Å². The van der Waals surface area contributed by atoms with Gasteiger partial charge in [-0.15, -0.1) is 0 Å². The van der Waals surface area contributed by atoms with Crippen molar-refractivity contribution in [3.8, 4) is 0 Å². The number of ether oxygens (including phenoxy) is 1. The van der Waals surface area contributed by atoms with Crippen LogP contribution in [0.15, 0.2) is 0 Å². The second-order valence-electron chi connectivity index (χ2n) is 3.52. The largest absolute Gasteiger partial charge is 0.381 e. The maximum absolute atomic E-state index is 5.49. The smallest absolute Gasteiger partial charge is 0.0468 e. The topological polar surface area (TPSA) is 9.23 Å². The Morgan fingerprint density at radius 2 is 2.00 bits per heavy atom. The second kappa shape index (κ2) is 5.59. The van der Waals surface area contributed by atoms with E-state index in [9.17, 15) is 0 Å². The fourth-order valence-corrected chi connectivity index (χ4v) is 1.72. The van der Waals surface area contributed by atoms with Gasteiger partial charge in [-0.3, -0.25) is 0 Å². The highest BCUT2D eigenvalue weighted by Gasteiger charge is 2.07. The van der Waals surface area contributed by atoms with Crippen LogP contribution in [-0.4, -0.2) is 13.2 Å². The van der Waals surface area contributed by atoms with Gasteiger partial charge in [0, 0.05) is 13.2 Å². The van der Waals surface area contributed by atoms with Crippen molar-refractivity contribution in [2.24, 2.45) is 5.92 Å². The molecule has 1 fully saturated rings. The first-order valence-electron chi connectivity index (χ1n) is 5.01. The molecule has 0 bridgehead atoms. The summed E-state index contributed by atoms with van der Waals surface area (Å²) in [4.78, 5) is 0. The molecule has 0 N–H and O–H groups in total. The van der Waals surface area contributed by atoms with Gasteiger partial charge in [-0.25, -0.2) is 0 Å². The van der Waals surface area contributed by atoms with Crippen molar-refractivity contribution >= 4 is 0 Å². The van der Waals surface area contributed by atoms with E-state index in [1.165, 1.54) is 38.5 Å². The van der Waals surface area contributed by atoms with Gasteiger partial charge in [0.1, 0.15) is 0 Å². The molecule has 1 atom stereocenters. The summed E-state index contributed by atoms with van der Waals surface area (Å²) < 4.78 is 5.49.